The molecule has 2 heterocycles. The van der Waals surface area contributed by atoms with Crippen LogP contribution in [-0.2, 0) is 0 Å². The SMILES string of the molecule is CN1CCN(c2nc(-c3ccc(F)cc3)nnc2-c2ccc(Cl)cc2)CC1. The highest BCUT2D eigenvalue weighted by molar-refractivity contribution is 6.30. The first-order valence-electron chi connectivity index (χ1n) is 8.80. The number of nitrogens with zero attached hydrogens (tertiary/aromatic N) is 5. The van der Waals surface area contributed by atoms with Crippen molar-refractivity contribution in [2.45, 2.75) is 0 Å². The van der Waals surface area contributed by atoms with Crippen LogP contribution in [0.25, 0.3) is 22.6 Å². The molecule has 7 heteroatoms. The third-order valence-corrected chi connectivity index (χ3v) is 4.94. The standard InChI is InChI=1S/C20H19ClFN5/c1-26-10-12-27(13-11-26)20-18(14-2-6-16(21)7-3-14)24-25-19(23-20)15-4-8-17(22)9-5-15/h2-9H,10-13H2,1H3. The van der Waals surface area contributed by atoms with Crippen LogP contribution in [0.15, 0.2) is 48.5 Å². The highest BCUT2D eigenvalue weighted by Crippen LogP contribution is 2.30. The monoisotopic (exact) mass is 383 g/mol. The second kappa shape index (κ2) is 7.58. The van der Waals surface area contributed by atoms with Gasteiger partial charge in [-0.25, -0.2) is 9.37 Å². The van der Waals surface area contributed by atoms with Gasteiger partial charge in [-0.05, 0) is 43.4 Å². The van der Waals surface area contributed by atoms with E-state index in [-0.39, 0.29) is 5.82 Å². The average molecular weight is 384 g/mol. The molecule has 0 radical (unpaired) electrons. The summed E-state index contributed by atoms with van der Waals surface area (Å²) in [6, 6.07) is 13.7. The number of hydrogen-bond acceptors (Lipinski definition) is 5. The highest BCUT2D eigenvalue weighted by Gasteiger charge is 2.22. The maximum absolute atomic E-state index is 13.2. The number of anilines is 1. The fourth-order valence-electron chi connectivity index (χ4n) is 3.07. The molecule has 1 aromatic heterocycles. The van der Waals surface area contributed by atoms with Crippen LogP contribution < -0.4 is 4.90 Å². The normalized spacial score (nSPS) is 15.1. The van der Waals surface area contributed by atoms with Gasteiger partial charge in [-0.15, -0.1) is 10.2 Å². The molecule has 1 saturated heterocycles. The van der Waals surface area contributed by atoms with Crippen molar-refractivity contribution in [3.8, 4) is 22.6 Å². The molecule has 0 spiro atoms. The first-order valence-corrected chi connectivity index (χ1v) is 9.18. The summed E-state index contributed by atoms with van der Waals surface area (Å²) < 4.78 is 13.2. The Bertz CT molecular complexity index is 922. The van der Waals surface area contributed by atoms with Gasteiger partial charge in [0.25, 0.3) is 0 Å². The Morgan fingerprint density at radius 2 is 1.48 bits per heavy atom. The number of benzene rings is 2. The number of halogens is 2. The summed E-state index contributed by atoms with van der Waals surface area (Å²) >= 11 is 6.02. The van der Waals surface area contributed by atoms with Gasteiger partial charge in [0.1, 0.15) is 11.5 Å². The summed E-state index contributed by atoms with van der Waals surface area (Å²) in [5.74, 6) is 0.991. The van der Waals surface area contributed by atoms with Crippen molar-refractivity contribution in [1.82, 2.24) is 20.1 Å². The summed E-state index contributed by atoms with van der Waals surface area (Å²) in [4.78, 5) is 9.31. The maximum Gasteiger partial charge on any atom is 0.183 e. The highest BCUT2D eigenvalue weighted by atomic mass is 35.5. The summed E-state index contributed by atoms with van der Waals surface area (Å²) in [6.07, 6.45) is 0. The number of aromatic nitrogens is 3. The second-order valence-electron chi connectivity index (χ2n) is 6.61. The summed E-state index contributed by atoms with van der Waals surface area (Å²) in [6.45, 7) is 3.63. The van der Waals surface area contributed by atoms with Gasteiger partial charge in [0.15, 0.2) is 11.6 Å². The van der Waals surface area contributed by atoms with Crippen LogP contribution in [0.4, 0.5) is 10.2 Å². The number of likely N-dealkylation sites (N-methyl/N-ethyl adjacent to an activating group) is 1. The van der Waals surface area contributed by atoms with Gasteiger partial charge in [-0.2, -0.15) is 0 Å². The molecule has 4 rings (SSSR count). The van der Waals surface area contributed by atoms with E-state index >= 15 is 0 Å². The van der Waals surface area contributed by atoms with E-state index in [1.165, 1.54) is 12.1 Å². The van der Waals surface area contributed by atoms with Crippen molar-refractivity contribution in [3.05, 3.63) is 59.4 Å². The predicted octanol–water partition coefficient (Wildman–Crippen LogP) is 3.75. The molecule has 0 aliphatic carbocycles. The average Bonchev–Trinajstić information content (AvgIpc) is 2.69. The van der Waals surface area contributed by atoms with Gasteiger partial charge < -0.3 is 9.80 Å². The van der Waals surface area contributed by atoms with Gasteiger partial charge in [-0.3, -0.25) is 0 Å². The molecular weight excluding hydrogens is 365 g/mol. The van der Waals surface area contributed by atoms with Crippen LogP contribution in [0, 0.1) is 5.82 Å². The van der Waals surface area contributed by atoms with Gasteiger partial charge >= 0.3 is 0 Å². The molecule has 27 heavy (non-hydrogen) atoms. The fourth-order valence-corrected chi connectivity index (χ4v) is 3.20. The minimum Gasteiger partial charge on any atom is -0.352 e. The van der Waals surface area contributed by atoms with E-state index in [1.54, 1.807) is 12.1 Å². The lowest BCUT2D eigenvalue weighted by Gasteiger charge is -2.34. The van der Waals surface area contributed by atoms with Crippen molar-refractivity contribution in [2.24, 2.45) is 0 Å². The number of hydrogen-bond donors (Lipinski definition) is 0. The van der Waals surface area contributed by atoms with Crippen LogP contribution in [0.1, 0.15) is 0 Å². The predicted molar refractivity (Wildman–Crippen MR) is 105 cm³/mol. The van der Waals surface area contributed by atoms with E-state index in [0.29, 0.717) is 10.8 Å². The van der Waals surface area contributed by atoms with Crippen molar-refractivity contribution in [1.29, 1.82) is 0 Å². The van der Waals surface area contributed by atoms with Crippen LogP contribution in [0.2, 0.25) is 5.02 Å². The second-order valence-corrected chi connectivity index (χ2v) is 7.05. The Kier molecular flexibility index (Phi) is 5.01. The zero-order valence-corrected chi connectivity index (χ0v) is 15.7. The van der Waals surface area contributed by atoms with Gasteiger partial charge in [0.05, 0.1) is 0 Å². The summed E-state index contributed by atoms with van der Waals surface area (Å²) in [7, 11) is 2.11. The Morgan fingerprint density at radius 1 is 0.852 bits per heavy atom. The molecule has 0 bridgehead atoms. The number of rotatable bonds is 3. The lowest BCUT2D eigenvalue weighted by molar-refractivity contribution is 0.312. The molecule has 5 nitrogen and oxygen atoms in total. The first kappa shape index (κ1) is 17.8. The molecule has 138 valence electrons. The van der Waals surface area contributed by atoms with Crippen molar-refractivity contribution >= 4 is 17.4 Å². The first-order chi connectivity index (χ1) is 13.1. The third kappa shape index (κ3) is 3.91. The topological polar surface area (TPSA) is 45.2 Å². The summed E-state index contributed by atoms with van der Waals surface area (Å²) in [5.41, 5.74) is 2.38. The largest absolute Gasteiger partial charge is 0.352 e. The lowest BCUT2D eigenvalue weighted by atomic mass is 10.1. The molecule has 3 aromatic rings. The fraction of sp³-hybridized carbons (Fsp3) is 0.250. The van der Waals surface area contributed by atoms with Gasteiger partial charge in [-0.1, -0.05) is 23.7 Å². The molecular formula is C20H19ClFN5. The van der Waals surface area contributed by atoms with Crippen molar-refractivity contribution in [3.63, 3.8) is 0 Å². The van der Waals surface area contributed by atoms with Gasteiger partial charge in [0.2, 0.25) is 0 Å². The van der Waals surface area contributed by atoms with Crippen LogP contribution >= 0.6 is 11.6 Å². The third-order valence-electron chi connectivity index (χ3n) is 4.69. The molecule has 1 aliphatic rings. The molecule has 1 aliphatic heterocycles. The molecule has 0 unspecified atom stereocenters. The van der Waals surface area contributed by atoms with E-state index in [2.05, 4.69) is 27.0 Å². The van der Waals surface area contributed by atoms with E-state index < -0.39 is 0 Å². The maximum atomic E-state index is 13.2. The van der Waals surface area contributed by atoms with E-state index in [1.807, 2.05) is 24.3 Å². The molecule has 0 saturated carbocycles. The Balaban J connectivity index is 1.78. The number of piperazine rings is 1. The van der Waals surface area contributed by atoms with Crippen molar-refractivity contribution < 1.29 is 4.39 Å². The van der Waals surface area contributed by atoms with E-state index in [4.69, 9.17) is 16.6 Å². The zero-order valence-electron chi connectivity index (χ0n) is 14.9. The Morgan fingerprint density at radius 3 is 2.15 bits per heavy atom. The summed E-state index contributed by atoms with van der Waals surface area (Å²) in [5, 5.41) is 9.43. The van der Waals surface area contributed by atoms with E-state index in [0.717, 1.165) is 48.8 Å². The van der Waals surface area contributed by atoms with Crippen LogP contribution in [0.3, 0.4) is 0 Å². The molecule has 1 fully saturated rings. The zero-order chi connectivity index (χ0) is 18.8. The van der Waals surface area contributed by atoms with Crippen LogP contribution in [0.5, 0.6) is 0 Å². The lowest BCUT2D eigenvalue weighted by Crippen LogP contribution is -2.45. The minimum absolute atomic E-state index is 0.288. The Labute approximate surface area is 162 Å². The Hall–Kier alpha value is -2.57. The van der Waals surface area contributed by atoms with E-state index in [9.17, 15) is 4.39 Å². The van der Waals surface area contributed by atoms with Crippen molar-refractivity contribution in [2.75, 3.05) is 38.1 Å². The minimum atomic E-state index is -0.288. The smallest absolute Gasteiger partial charge is 0.183 e. The van der Waals surface area contributed by atoms with Gasteiger partial charge in [0, 0.05) is 42.3 Å². The molecule has 2 aromatic carbocycles. The van der Waals surface area contributed by atoms with Crippen LogP contribution in [-0.4, -0.2) is 53.3 Å². The molecule has 0 atom stereocenters. The quantitative estimate of drug-likeness (QED) is 0.689. The molecule has 0 amide bonds. The molecule has 0 N–H and O–H groups in total.